The van der Waals surface area contributed by atoms with Crippen molar-refractivity contribution in [1.82, 2.24) is 19.5 Å². The lowest BCUT2D eigenvalue weighted by Gasteiger charge is -2.43. The van der Waals surface area contributed by atoms with Crippen LogP contribution < -0.4 is 4.59 Å². The third-order valence-electron chi connectivity index (χ3n) is 6.49. The van der Waals surface area contributed by atoms with Crippen molar-refractivity contribution in [2.75, 3.05) is 27.2 Å². The average Bonchev–Trinajstić information content (AvgIpc) is 3.38. The quantitative estimate of drug-likeness (QED) is 0.614. The number of aromatic nitrogens is 1. The second-order valence-corrected chi connectivity index (χ2v) is 8.34. The normalized spacial score (nSPS) is 29.0. The molecular formula is C20H26FN4O3+. The number of carboxylic acid groups (broad SMARTS) is 1. The first-order valence-corrected chi connectivity index (χ1v) is 9.73. The number of aliphatic carboxylic acids is 1. The van der Waals surface area contributed by atoms with E-state index in [1.807, 2.05) is 0 Å². The summed E-state index contributed by atoms with van der Waals surface area (Å²) in [6.07, 6.45) is 5.49. The predicted octanol–water partition coefficient (Wildman–Crippen LogP) is 2.04. The highest BCUT2D eigenvalue weighted by Crippen LogP contribution is 2.47. The molecule has 1 unspecified atom stereocenters. The third kappa shape index (κ3) is 2.87. The molecule has 2 fully saturated rings. The van der Waals surface area contributed by atoms with Crippen molar-refractivity contribution in [3.8, 4) is 0 Å². The number of hydrogen-bond acceptors (Lipinski definition) is 5. The predicted molar refractivity (Wildman–Crippen MR) is 102 cm³/mol. The highest BCUT2D eigenvalue weighted by atomic mass is 19.1. The minimum atomic E-state index is -1.28. The molecule has 3 heterocycles. The van der Waals surface area contributed by atoms with Crippen LogP contribution in [0.3, 0.4) is 0 Å². The second-order valence-electron chi connectivity index (χ2n) is 8.34. The number of carboxylic acids is 1. The first kappa shape index (κ1) is 19.2. The molecule has 0 radical (unpaired) electrons. The largest absolute Gasteiger partial charge is 0.477 e. The maximum Gasteiger partial charge on any atom is 0.345 e. The number of hydrogen-bond donors (Lipinski definition) is 1. The molecule has 1 saturated heterocycles. The van der Waals surface area contributed by atoms with Crippen molar-refractivity contribution in [3.63, 3.8) is 0 Å². The summed E-state index contributed by atoms with van der Waals surface area (Å²) in [5, 5.41) is 11.9. The van der Waals surface area contributed by atoms with Gasteiger partial charge in [-0.05, 0) is 39.4 Å². The number of nitrogens with zero attached hydrogens (tertiary/aromatic N) is 4. The zero-order valence-electron chi connectivity index (χ0n) is 16.4. The van der Waals surface area contributed by atoms with Gasteiger partial charge in [0, 0.05) is 25.4 Å². The first-order valence-electron chi connectivity index (χ1n) is 9.73. The van der Waals surface area contributed by atoms with Crippen molar-refractivity contribution >= 4 is 17.6 Å². The van der Waals surface area contributed by atoms with E-state index in [1.54, 1.807) is 6.20 Å². The molecule has 3 aliphatic rings. The number of pyridine rings is 1. The summed E-state index contributed by atoms with van der Waals surface area (Å²) in [5.74, 6) is -1.70. The minimum Gasteiger partial charge on any atom is -0.477 e. The Morgan fingerprint density at radius 2 is 2.11 bits per heavy atom. The Morgan fingerprint density at radius 1 is 1.39 bits per heavy atom. The van der Waals surface area contributed by atoms with Crippen LogP contribution in [0.1, 0.15) is 36.5 Å². The summed E-state index contributed by atoms with van der Waals surface area (Å²) in [4.78, 5) is 31.1. The van der Waals surface area contributed by atoms with Crippen LogP contribution in [0.25, 0.3) is 0 Å². The van der Waals surface area contributed by atoms with Gasteiger partial charge in [0.1, 0.15) is 23.6 Å². The van der Waals surface area contributed by atoms with E-state index in [1.165, 1.54) is 0 Å². The van der Waals surface area contributed by atoms with Gasteiger partial charge in [0.15, 0.2) is 5.57 Å². The molecule has 7 nitrogen and oxygen atoms in total. The Morgan fingerprint density at radius 3 is 2.71 bits per heavy atom. The number of carbonyl (C=O) groups excluding carboxylic acids is 1. The van der Waals surface area contributed by atoms with Gasteiger partial charge in [0.05, 0.1) is 12.7 Å². The first-order chi connectivity index (χ1) is 13.3. The van der Waals surface area contributed by atoms with E-state index in [4.69, 9.17) is 0 Å². The van der Waals surface area contributed by atoms with Gasteiger partial charge >= 0.3 is 5.97 Å². The molecule has 1 N–H and O–H groups in total. The molecule has 150 valence electrons. The Kier molecular flexibility index (Phi) is 4.60. The Bertz CT molecular complexity index is 867. The number of fused-ring (bicyclic) bond motifs is 1. The lowest BCUT2D eigenvalue weighted by atomic mass is 9.99. The van der Waals surface area contributed by atoms with Crippen LogP contribution in [0.5, 0.6) is 0 Å². The monoisotopic (exact) mass is 389 g/mol. The summed E-state index contributed by atoms with van der Waals surface area (Å²) in [6, 6.07) is 1.64. The zero-order chi connectivity index (χ0) is 20.2. The lowest BCUT2D eigenvalue weighted by molar-refractivity contribution is -0.132. The van der Waals surface area contributed by atoms with Gasteiger partial charge in [-0.15, -0.1) is 5.01 Å². The molecule has 0 spiro atoms. The van der Waals surface area contributed by atoms with Crippen LogP contribution in [-0.2, 0) is 4.79 Å². The number of quaternary nitrogens is 1. The van der Waals surface area contributed by atoms with Crippen molar-refractivity contribution in [2.45, 2.75) is 38.3 Å². The summed E-state index contributed by atoms with van der Waals surface area (Å²) in [6.45, 7) is 3.73. The standard InChI is InChI=1S/C20H25FN4O3/c1-12(23(2)3)13-6-7-24(10-13)25(15-4-5-15)11-17(20(27)28)18(26)16-8-14(21)9-22-19(16)25/h8-9,11-13,15H,4-7,10H2,1-3H3/p+1/t12?,13-,25-/m0/s1. The molecule has 1 aromatic rings. The molecule has 28 heavy (non-hydrogen) atoms. The molecule has 0 bridgehead atoms. The van der Waals surface area contributed by atoms with E-state index < -0.39 is 17.6 Å². The van der Waals surface area contributed by atoms with Crippen molar-refractivity contribution in [1.29, 1.82) is 0 Å². The van der Waals surface area contributed by atoms with Gasteiger partial charge in [0.25, 0.3) is 5.82 Å². The molecule has 1 aromatic heterocycles. The van der Waals surface area contributed by atoms with E-state index in [2.05, 4.69) is 35.9 Å². The number of halogens is 1. The Labute approximate surface area is 163 Å². The topological polar surface area (TPSA) is 73.7 Å². The highest BCUT2D eigenvalue weighted by molar-refractivity contribution is 6.26. The Balaban J connectivity index is 1.83. The molecule has 0 amide bonds. The molecule has 8 heteroatoms. The van der Waals surface area contributed by atoms with Crippen molar-refractivity contribution in [3.05, 3.63) is 35.4 Å². The highest BCUT2D eigenvalue weighted by Gasteiger charge is 2.58. The number of carbonyl (C=O) groups is 2. The van der Waals surface area contributed by atoms with Crippen molar-refractivity contribution < 1.29 is 19.1 Å². The zero-order valence-corrected chi connectivity index (χ0v) is 16.4. The van der Waals surface area contributed by atoms with Crippen LogP contribution >= 0.6 is 0 Å². The van der Waals surface area contributed by atoms with Crippen LogP contribution in [0.2, 0.25) is 0 Å². The van der Waals surface area contributed by atoms with E-state index in [9.17, 15) is 19.1 Å². The van der Waals surface area contributed by atoms with E-state index >= 15 is 0 Å². The molecule has 2 aliphatic heterocycles. The van der Waals surface area contributed by atoms with Gasteiger partial charge in [0.2, 0.25) is 5.78 Å². The molecular weight excluding hydrogens is 363 g/mol. The summed E-state index contributed by atoms with van der Waals surface area (Å²) < 4.78 is 14.0. The molecule has 0 aromatic carbocycles. The third-order valence-corrected chi connectivity index (χ3v) is 6.49. The van der Waals surface area contributed by atoms with E-state index in [0.29, 0.717) is 17.8 Å². The van der Waals surface area contributed by atoms with Crippen LogP contribution in [0, 0.1) is 11.7 Å². The fraction of sp³-hybridized carbons (Fsp3) is 0.550. The van der Waals surface area contributed by atoms with E-state index in [0.717, 1.165) is 44.6 Å². The number of Topliss-reactive ketones (excluding diaryl/α,β-unsaturated/α-hetero) is 1. The summed E-state index contributed by atoms with van der Waals surface area (Å²) in [7, 11) is 4.11. The Hall–Kier alpha value is -2.16. The maximum atomic E-state index is 13.9. The SMILES string of the molecule is CC([C@H]1CCN([N@+]2(C3CC3)C=C(C(=O)O)C(=O)c3cc(F)cnc32)C1)N(C)C. The van der Waals surface area contributed by atoms with Gasteiger partial charge < -0.3 is 10.0 Å². The average molecular weight is 389 g/mol. The molecule has 4 rings (SSSR count). The van der Waals surface area contributed by atoms with Crippen LogP contribution in [-0.4, -0.2) is 71.0 Å². The van der Waals surface area contributed by atoms with Crippen LogP contribution in [0.4, 0.5) is 10.2 Å². The van der Waals surface area contributed by atoms with E-state index in [-0.39, 0.29) is 21.8 Å². The van der Waals surface area contributed by atoms with Crippen LogP contribution in [0.15, 0.2) is 24.0 Å². The minimum absolute atomic E-state index is 0.0657. The fourth-order valence-corrected chi connectivity index (χ4v) is 4.58. The summed E-state index contributed by atoms with van der Waals surface area (Å²) in [5.41, 5.74) is -0.230. The summed E-state index contributed by atoms with van der Waals surface area (Å²) >= 11 is 0. The maximum absolute atomic E-state index is 13.9. The number of ketones is 1. The fourth-order valence-electron chi connectivity index (χ4n) is 4.58. The second kappa shape index (κ2) is 6.72. The molecule has 1 saturated carbocycles. The smallest absolute Gasteiger partial charge is 0.345 e. The van der Waals surface area contributed by atoms with Gasteiger partial charge in [-0.1, -0.05) is 0 Å². The van der Waals surface area contributed by atoms with Gasteiger partial charge in [-0.2, -0.15) is 9.58 Å². The van der Waals surface area contributed by atoms with Crippen molar-refractivity contribution in [2.24, 2.45) is 5.92 Å². The van der Waals surface area contributed by atoms with Gasteiger partial charge in [-0.3, -0.25) is 4.79 Å². The van der Waals surface area contributed by atoms with Gasteiger partial charge in [-0.25, -0.2) is 9.18 Å². The molecule has 1 aliphatic carbocycles. The molecule has 3 atom stereocenters. The number of rotatable bonds is 5. The lowest BCUT2D eigenvalue weighted by Crippen LogP contribution is -2.61.